The maximum absolute atomic E-state index is 12.5. The lowest BCUT2D eigenvalue weighted by Crippen LogP contribution is -2.56. The number of nitrogens with one attached hydrogen (secondary N) is 1. The lowest BCUT2D eigenvalue weighted by Gasteiger charge is -2.35. The highest BCUT2D eigenvalue weighted by atomic mass is 16.5. The van der Waals surface area contributed by atoms with Gasteiger partial charge in [-0.05, 0) is 64.3 Å². The molecule has 0 bridgehead atoms. The minimum Gasteiger partial charge on any atom is -0.465 e. The Hall–Kier alpha value is -0.610. The second-order valence-corrected chi connectivity index (χ2v) is 6.42. The van der Waals surface area contributed by atoms with Gasteiger partial charge < -0.3 is 14.8 Å². The van der Waals surface area contributed by atoms with Gasteiger partial charge in [0.15, 0.2) is 0 Å². The normalized spacial score (nSPS) is 29.3. The van der Waals surface area contributed by atoms with E-state index in [-0.39, 0.29) is 5.97 Å². The highest BCUT2D eigenvalue weighted by Crippen LogP contribution is 2.39. The van der Waals surface area contributed by atoms with Crippen molar-refractivity contribution in [2.24, 2.45) is 5.92 Å². The van der Waals surface area contributed by atoms with Crippen LogP contribution in [0.3, 0.4) is 0 Å². The molecule has 2 aliphatic rings. The van der Waals surface area contributed by atoms with Crippen LogP contribution >= 0.6 is 0 Å². The molecule has 2 rings (SSSR count). The molecular weight excluding hydrogens is 266 g/mol. The average Bonchev–Trinajstić information content (AvgIpc) is 2.84. The number of carbonyl (C=O) groups is 1. The molecule has 21 heavy (non-hydrogen) atoms. The molecule has 0 aromatic carbocycles. The van der Waals surface area contributed by atoms with Crippen LogP contribution in [0.15, 0.2) is 0 Å². The van der Waals surface area contributed by atoms with E-state index in [9.17, 15) is 4.79 Å². The molecule has 0 aliphatic heterocycles. The van der Waals surface area contributed by atoms with Gasteiger partial charge in [0, 0.05) is 6.61 Å². The molecule has 0 spiro atoms. The minimum atomic E-state index is -0.463. The third kappa shape index (κ3) is 3.98. The summed E-state index contributed by atoms with van der Waals surface area (Å²) in [5, 5.41) is 3.52. The summed E-state index contributed by atoms with van der Waals surface area (Å²) in [4.78, 5) is 12.5. The van der Waals surface area contributed by atoms with Crippen LogP contribution in [0, 0.1) is 5.92 Å². The highest BCUT2D eigenvalue weighted by molar-refractivity contribution is 5.81. The predicted molar refractivity (Wildman–Crippen MR) is 83.2 cm³/mol. The smallest absolute Gasteiger partial charge is 0.326 e. The Bertz CT molecular complexity index is 330. The molecule has 2 aliphatic carbocycles. The molecule has 0 amide bonds. The van der Waals surface area contributed by atoms with Crippen molar-refractivity contribution in [2.45, 2.75) is 76.9 Å². The van der Waals surface area contributed by atoms with Crippen molar-refractivity contribution >= 4 is 5.97 Å². The molecule has 0 aromatic heterocycles. The lowest BCUT2D eigenvalue weighted by molar-refractivity contribution is -0.153. The summed E-state index contributed by atoms with van der Waals surface area (Å²) in [6, 6.07) is 0. The molecule has 2 atom stereocenters. The van der Waals surface area contributed by atoms with Gasteiger partial charge in [0.1, 0.15) is 5.54 Å². The van der Waals surface area contributed by atoms with Crippen LogP contribution in [0.1, 0.15) is 65.2 Å². The van der Waals surface area contributed by atoms with Gasteiger partial charge in [-0.25, -0.2) is 0 Å². The molecule has 0 radical (unpaired) electrons. The number of esters is 1. The van der Waals surface area contributed by atoms with E-state index in [0.29, 0.717) is 18.6 Å². The molecule has 1 N–H and O–H groups in total. The van der Waals surface area contributed by atoms with Gasteiger partial charge in [-0.15, -0.1) is 0 Å². The second kappa shape index (κ2) is 8.14. The third-order valence-corrected chi connectivity index (χ3v) is 5.02. The zero-order chi connectivity index (χ0) is 15.1. The van der Waals surface area contributed by atoms with Crippen molar-refractivity contribution in [2.75, 3.05) is 19.8 Å². The summed E-state index contributed by atoms with van der Waals surface area (Å²) >= 11 is 0. The fraction of sp³-hybridized carbons (Fsp3) is 0.941. The maximum atomic E-state index is 12.5. The van der Waals surface area contributed by atoms with E-state index in [1.165, 1.54) is 19.3 Å². The molecule has 4 heteroatoms. The van der Waals surface area contributed by atoms with Crippen LogP contribution < -0.4 is 5.32 Å². The van der Waals surface area contributed by atoms with E-state index in [1.54, 1.807) is 0 Å². The molecule has 122 valence electrons. The molecule has 2 saturated carbocycles. The number of carbonyl (C=O) groups excluding carboxylic acids is 1. The number of rotatable bonds is 9. The van der Waals surface area contributed by atoms with E-state index in [2.05, 4.69) is 12.2 Å². The standard InChI is InChI=1S/C17H31NO3/c1-3-12-18-17(16(19)20-4-2)11-6-7-14(17)10-13-21-15-8-5-9-15/h14-15,18H,3-13H2,1-2H3. The molecule has 0 saturated heterocycles. The van der Waals surface area contributed by atoms with Gasteiger partial charge in [0.05, 0.1) is 12.7 Å². The molecule has 4 nitrogen and oxygen atoms in total. The van der Waals surface area contributed by atoms with Crippen molar-refractivity contribution in [3.63, 3.8) is 0 Å². The van der Waals surface area contributed by atoms with Crippen LogP contribution in [0.2, 0.25) is 0 Å². The first-order valence-electron chi connectivity index (χ1n) is 8.76. The summed E-state index contributed by atoms with van der Waals surface area (Å²) in [7, 11) is 0. The first-order valence-corrected chi connectivity index (χ1v) is 8.76. The predicted octanol–water partition coefficient (Wildman–Crippen LogP) is 3.05. The topological polar surface area (TPSA) is 47.6 Å². The number of hydrogen-bond acceptors (Lipinski definition) is 4. The fourth-order valence-corrected chi connectivity index (χ4v) is 3.56. The molecular formula is C17H31NO3. The zero-order valence-corrected chi connectivity index (χ0v) is 13.7. The van der Waals surface area contributed by atoms with E-state index in [0.717, 1.165) is 45.3 Å². The Morgan fingerprint density at radius 2 is 2.05 bits per heavy atom. The number of ether oxygens (including phenoxy) is 2. The Balaban J connectivity index is 1.92. The Morgan fingerprint density at radius 3 is 2.67 bits per heavy atom. The average molecular weight is 297 g/mol. The van der Waals surface area contributed by atoms with Crippen molar-refractivity contribution < 1.29 is 14.3 Å². The van der Waals surface area contributed by atoms with Crippen LogP contribution in [-0.4, -0.2) is 37.4 Å². The van der Waals surface area contributed by atoms with Crippen molar-refractivity contribution in [1.29, 1.82) is 0 Å². The van der Waals surface area contributed by atoms with Gasteiger partial charge in [0.2, 0.25) is 0 Å². The summed E-state index contributed by atoms with van der Waals surface area (Å²) in [6.07, 6.45) is 9.31. The molecule has 0 heterocycles. The summed E-state index contributed by atoms with van der Waals surface area (Å²) < 4.78 is 11.3. The first-order chi connectivity index (χ1) is 10.2. The molecule has 0 aromatic rings. The van der Waals surface area contributed by atoms with E-state index >= 15 is 0 Å². The molecule has 2 unspecified atom stereocenters. The minimum absolute atomic E-state index is 0.0513. The van der Waals surface area contributed by atoms with Gasteiger partial charge in [-0.2, -0.15) is 0 Å². The Kier molecular flexibility index (Phi) is 6.49. The second-order valence-electron chi connectivity index (χ2n) is 6.42. The van der Waals surface area contributed by atoms with Crippen LogP contribution in [0.25, 0.3) is 0 Å². The summed E-state index contributed by atoms with van der Waals surface area (Å²) in [5.74, 6) is 0.299. The quantitative estimate of drug-likeness (QED) is 0.665. The lowest BCUT2D eigenvalue weighted by atomic mass is 9.84. The van der Waals surface area contributed by atoms with E-state index in [4.69, 9.17) is 9.47 Å². The summed E-state index contributed by atoms with van der Waals surface area (Å²) in [6.45, 7) is 6.13. The Morgan fingerprint density at radius 1 is 1.24 bits per heavy atom. The van der Waals surface area contributed by atoms with E-state index in [1.807, 2.05) is 6.92 Å². The van der Waals surface area contributed by atoms with Gasteiger partial charge >= 0.3 is 5.97 Å². The van der Waals surface area contributed by atoms with Gasteiger partial charge in [-0.3, -0.25) is 4.79 Å². The van der Waals surface area contributed by atoms with Gasteiger partial charge in [-0.1, -0.05) is 13.3 Å². The van der Waals surface area contributed by atoms with Crippen LogP contribution in [-0.2, 0) is 14.3 Å². The SMILES string of the molecule is CCCNC1(C(=O)OCC)CCCC1CCOC1CCC1. The first kappa shape index (κ1) is 16.8. The van der Waals surface area contributed by atoms with Crippen LogP contribution in [0.5, 0.6) is 0 Å². The van der Waals surface area contributed by atoms with Crippen LogP contribution in [0.4, 0.5) is 0 Å². The maximum Gasteiger partial charge on any atom is 0.326 e. The van der Waals surface area contributed by atoms with Gasteiger partial charge in [0.25, 0.3) is 0 Å². The molecule has 2 fully saturated rings. The highest BCUT2D eigenvalue weighted by Gasteiger charge is 2.49. The Labute approximate surface area is 129 Å². The largest absolute Gasteiger partial charge is 0.465 e. The number of hydrogen-bond donors (Lipinski definition) is 1. The third-order valence-electron chi connectivity index (χ3n) is 5.02. The van der Waals surface area contributed by atoms with Crippen molar-refractivity contribution in [3.8, 4) is 0 Å². The fourth-order valence-electron chi connectivity index (χ4n) is 3.56. The van der Waals surface area contributed by atoms with E-state index < -0.39 is 5.54 Å². The zero-order valence-electron chi connectivity index (χ0n) is 13.7. The van der Waals surface area contributed by atoms with Crippen molar-refractivity contribution in [3.05, 3.63) is 0 Å². The summed E-state index contributed by atoms with van der Waals surface area (Å²) in [5.41, 5.74) is -0.463. The monoisotopic (exact) mass is 297 g/mol. The van der Waals surface area contributed by atoms with Crippen molar-refractivity contribution in [1.82, 2.24) is 5.32 Å².